The van der Waals surface area contributed by atoms with Crippen LogP contribution in [0.1, 0.15) is 16.1 Å². The fourth-order valence-electron chi connectivity index (χ4n) is 1.67. The number of phenolic OH excluding ortho intramolecular Hbond substituents is 1. The van der Waals surface area contributed by atoms with Gasteiger partial charge in [-0.15, -0.1) is 0 Å². The van der Waals surface area contributed by atoms with E-state index in [0.29, 0.717) is 16.8 Å². The van der Waals surface area contributed by atoms with E-state index in [-0.39, 0.29) is 11.7 Å². The Morgan fingerprint density at radius 1 is 1.26 bits per heavy atom. The molecule has 0 spiro atoms. The van der Waals surface area contributed by atoms with Gasteiger partial charge in [-0.05, 0) is 45.8 Å². The van der Waals surface area contributed by atoms with Gasteiger partial charge in [0.25, 0.3) is 5.91 Å². The summed E-state index contributed by atoms with van der Waals surface area (Å²) in [6.07, 6.45) is 0. The van der Waals surface area contributed by atoms with Crippen LogP contribution in [0.3, 0.4) is 0 Å². The number of amides is 1. The highest BCUT2D eigenvalue weighted by atomic mass is 79.9. The third kappa shape index (κ3) is 3.54. The molecule has 1 amide bonds. The molecule has 0 aliphatic rings. The third-order valence-electron chi connectivity index (χ3n) is 2.64. The van der Waals surface area contributed by atoms with Crippen molar-refractivity contribution >= 4 is 21.8 Å². The van der Waals surface area contributed by atoms with Gasteiger partial charge in [0.2, 0.25) is 0 Å². The number of aromatic hydroxyl groups is 1. The second-order valence-corrected chi connectivity index (χ2v) is 4.99. The first kappa shape index (κ1) is 13.5. The van der Waals surface area contributed by atoms with E-state index in [1.807, 2.05) is 0 Å². The molecular formula is C14H13BrN2O2. The van der Waals surface area contributed by atoms with Gasteiger partial charge in [-0.2, -0.15) is 0 Å². The van der Waals surface area contributed by atoms with Crippen molar-refractivity contribution in [2.45, 2.75) is 6.54 Å². The van der Waals surface area contributed by atoms with Crippen molar-refractivity contribution in [1.29, 1.82) is 0 Å². The highest BCUT2D eigenvalue weighted by Crippen LogP contribution is 2.13. The Morgan fingerprint density at radius 3 is 2.58 bits per heavy atom. The van der Waals surface area contributed by atoms with Crippen molar-refractivity contribution in [1.82, 2.24) is 9.88 Å². The molecule has 2 aromatic rings. The van der Waals surface area contributed by atoms with Crippen LogP contribution < -0.4 is 0 Å². The summed E-state index contributed by atoms with van der Waals surface area (Å²) in [6.45, 7) is 0.466. The van der Waals surface area contributed by atoms with Crippen LogP contribution in [-0.4, -0.2) is 27.9 Å². The number of benzene rings is 1. The molecule has 0 bridgehead atoms. The Morgan fingerprint density at radius 2 is 1.95 bits per heavy atom. The van der Waals surface area contributed by atoms with Gasteiger partial charge in [-0.3, -0.25) is 4.79 Å². The number of hydrogen-bond acceptors (Lipinski definition) is 3. The molecule has 0 atom stereocenters. The van der Waals surface area contributed by atoms with Gasteiger partial charge in [0, 0.05) is 13.6 Å². The van der Waals surface area contributed by atoms with Crippen molar-refractivity contribution < 1.29 is 9.90 Å². The zero-order valence-corrected chi connectivity index (χ0v) is 12.0. The van der Waals surface area contributed by atoms with Gasteiger partial charge in [-0.1, -0.05) is 18.2 Å². The van der Waals surface area contributed by atoms with E-state index in [9.17, 15) is 9.90 Å². The molecule has 19 heavy (non-hydrogen) atoms. The molecule has 0 saturated carbocycles. The summed E-state index contributed by atoms with van der Waals surface area (Å²) < 4.78 is 0.636. The zero-order chi connectivity index (χ0) is 13.8. The fourth-order valence-corrected chi connectivity index (χ4v) is 2.01. The number of rotatable bonds is 3. The monoisotopic (exact) mass is 320 g/mol. The topological polar surface area (TPSA) is 53.4 Å². The van der Waals surface area contributed by atoms with Crippen LogP contribution in [0.25, 0.3) is 0 Å². The molecule has 1 N–H and O–H groups in total. The molecule has 4 nitrogen and oxygen atoms in total. The smallest absolute Gasteiger partial charge is 0.272 e. The molecule has 0 saturated heterocycles. The molecular weight excluding hydrogens is 308 g/mol. The lowest BCUT2D eigenvalue weighted by molar-refractivity contribution is 0.0779. The summed E-state index contributed by atoms with van der Waals surface area (Å²) in [6, 6.07) is 12.0. The maximum atomic E-state index is 12.2. The molecule has 0 aliphatic carbocycles. The third-order valence-corrected chi connectivity index (χ3v) is 3.08. The number of pyridine rings is 1. The van der Waals surface area contributed by atoms with Crippen molar-refractivity contribution in [3.05, 3.63) is 58.3 Å². The summed E-state index contributed by atoms with van der Waals surface area (Å²) in [7, 11) is 1.72. The first-order valence-corrected chi connectivity index (χ1v) is 6.51. The van der Waals surface area contributed by atoms with Crippen LogP contribution in [0.2, 0.25) is 0 Å². The Labute approximate surface area is 119 Å². The van der Waals surface area contributed by atoms with Gasteiger partial charge in [0.15, 0.2) is 0 Å². The van der Waals surface area contributed by atoms with Crippen LogP contribution in [0.4, 0.5) is 0 Å². The van der Waals surface area contributed by atoms with E-state index in [1.54, 1.807) is 54.4 Å². The predicted molar refractivity (Wildman–Crippen MR) is 75.8 cm³/mol. The molecule has 0 aliphatic heterocycles. The van der Waals surface area contributed by atoms with E-state index in [4.69, 9.17) is 0 Å². The van der Waals surface area contributed by atoms with Crippen molar-refractivity contribution in [3.8, 4) is 5.75 Å². The summed E-state index contributed by atoms with van der Waals surface area (Å²) in [5, 5.41) is 9.21. The van der Waals surface area contributed by atoms with E-state index in [2.05, 4.69) is 20.9 Å². The number of hydrogen-bond donors (Lipinski definition) is 1. The summed E-state index contributed by atoms with van der Waals surface area (Å²) >= 11 is 3.24. The number of nitrogens with zero attached hydrogens (tertiary/aromatic N) is 2. The molecule has 5 heteroatoms. The molecule has 1 aromatic carbocycles. The highest BCUT2D eigenvalue weighted by Gasteiger charge is 2.13. The van der Waals surface area contributed by atoms with E-state index >= 15 is 0 Å². The number of carbonyl (C=O) groups excluding carboxylic acids is 1. The van der Waals surface area contributed by atoms with E-state index in [0.717, 1.165) is 5.56 Å². The van der Waals surface area contributed by atoms with Crippen molar-refractivity contribution in [2.75, 3.05) is 7.05 Å². The first-order valence-electron chi connectivity index (χ1n) is 5.72. The Balaban J connectivity index is 2.09. The number of aromatic nitrogens is 1. The molecule has 1 heterocycles. The second kappa shape index (κ2) is 5.84. The number of halogens is 1. The van der Waals surface area contributed by atoms with Gasteiger partial charge in [0.1, 0.15) is 16.0 Å². The van der Waals surface area contributed by atoms with Gasteiger partial charge in [-0.25, -0.2) is 4.98 Å². The Hall–Kier alpha value is -1.88. The van der Waals surface area contributed by atoms with Crippen LogP contribution in [0, 0.1) is 0 Å². The van der Waals surface area contributed by atoms with Crippen LogP contribution >= 0.6 is 15.9 Å². The SMILES string of the molecule is CN(Cc1ccc(O)cc1)C(=O)c1cccc(Br)n1. The molecule has 0 unspecified atom stereocenters. The standard InChI is InChI=1S/C14H13BrN2O2/c1-17(9-10-5-7-11(18)8-6-10)14(19)12-3-2-4-13(15)16-12/h2-8,18H,9H2,1H3. The van der Waals surface area contributed by atoms with E-state index in [1.165, 1.54) is 0 Å². The minimum atomic E-state index is -0.144. The quantitative estimate of drug-likeness (QED) is 0.885. The molecule has 2 rings (SSSR count). The normalized spacial score (nSPS) is 10.2. The minimum Gasteiger partial charge on any atom is -0.508 e. The predicted octanol–water partition coefficient (Wildman–Crippen LogP) is 2.82. The lowest BCUT2D eigenvalue weighted by atomic mass is 10.2. The largest absolute Gasteiger partial charge is 0.508 e. The Bertz CT molecular complexity index is 584. The summed E-state index contributed by atoms with van der Waals surface area (Å²) in [4.78, 5) is 17.9. The van der Waals surface area contributed by atoms with Crippen molar-refractivity contribution in [2.24, 2.45) is 0 Å². The lowest BCUT2D eigenvalue weighted by Crippen LogP contribution is -2.27. The minimum absolute atomic E-state index is 0.144. The first-order chi connectivity index (χ1) is 9.06. The highest BCUT2D eigenvalue weighted by molar-refractivity contribution is 9.10. The van der Waals surface area contributed by atoms with Crippen LogP contribution in [0.15, 0.2) is 47.1 Å². The maximum Gasteiger partial charge on any atom is 0.272 e. The van der Waals surface area contributed by atoms with Gasteiger partial charge < -0.3 is 10.0 Å². The summed E-state index contributed by atoms with van der Waals surface area (Å²) in [5.41, 5.74) is 1.35. The second-order valence-electron chi connectivity index (χ2n) is 4.17. The molecule has 0 fully saturated rings. The number of carbonyl (C=O) groups is 1. The average Bonchev–Trinajstić information content (AvgIpc) is 2.40. The molecule has 1 aromatic heterocycles. The van der Waals surface area contributed by atoms with Crippen LogP contribution in [-0.2, 0) is 6.54 Å². The molecule has 0 radical (unpaired) electrons. The number of phenols is 1. The Kier molecular flexibility index (Phi) is 4.16. The molecule has 98 valence electrons. The van der Waals surface area contributed by atoms with Crippen molar-refractivity contribution in [3.63, 3.8) is 0 Å². The maximum absolute atomic E-state index is 12.2. The lowest BCUT2D eigenvalue weighted by Gasteiger charge is -2.16. The zero-order valence-electron chi connectivity index (χ0n) is 10.4. The average molecular weight is 321 g/mol. The summed E-state index contributed by atoms with van der Waals surface area (Å²) in [5.74, 6) is 0.0701. The fraction of sp³-hybridized carbons (Fsp3) is 0.143. The van der Waals surface area contributed by atoms with Gasteiger partial charge >= 0.3 is 0 Å². The van der Waals surface area contributed by atoms with Gasteiger partial charge in [0.05, 0.1) is 0 Å². The van der Waals surface area contributed by atoms with Crippen LogP contribution in [0.5, 0.6) is 5.75 Å². The van der Waals surface area contributed by atoms with E-state index < -0.39 is 0 Å².